The molecule has 0 saturated carbocycles. The first-order chi connectivity index (χ1) is 14.8. The van der Waals surface area contributed by atoms with Crippen molar-refractivity contribution in [3.63, 3.8) is 0 Å². The van der Waals surface area contributed by atoms with Crippen molar-refractivity contribution < 1.29 is 5.11 Å². The van der Waals surface area contributed by atoms with Crippen molar-refractivity contribution in [1.29, 1.82) is 0 Å². The SMILES string of the molecule is Cc1c(C)c(O)c(C)c(CCC(C)CCCC(C)CCCC(C)CCCC(C)(C)C)c1C. The lowest BCUT2D eigenvalue weighted by Gasteiger charge is -2.20. The Hall–Kier alpha value is -0.980. The average molecular weight is 445 g/mol. The van der Waals surface area contributed by atoms with E-state index < -0.39 is 0 Å². The first-order valence-corrected chi connectivity index (χ1v) is 13.6. The van der Waals surface area contributed by atoms with E-state index in [4.69, 9.17) is 0 Å². The van der Waals surface area contributed by atoms with Crippen LogP contribution >= 0.6 is 0 Å². The van der Waals surface area contributed by atoms with Gasteiger partial charge in [0.2, 0.25) is 0 Å². The highest BCUT2D eigenvalue weighted by Gasteiger charge is 2.15. The molecular weight excluding hydrogens is 388 g/mol. The molecule has 3 atom stereocenters. The van der Waals surface area contributed by atoms with Crippen LogP contribution < -0.4 is 0 Å². The summed E-state index contributed by atoms with van der Waals surface area (Å²) in [6, 6.07) is 0. The van der Waals surface area contributed by atoms with E-state index in [1.807, 2.05) is 6.92 Å². The van der Waals surface area contributed by atoms with Crippen molar-refractivity contribution in [2.24, 2.45) is 23.2 Å². The first kappa shape index (κ1) is 29.1. The Balaban J connectivity index is 2.25. The Morgan fingerprint density at radius 3 is 1.50 bits per heavy atom. The van der Waals surface area contributed by atoms with Crippen molar-refractivity contribution in [3.05, 3.63) is 27.8 Å². The third kappa shape index (κ3) is 10.3. The summed E-state index contributed by atoms with van der Waals surface area (Å²) >= 11 is 0. The van der Waals surface area contributed by atoms with Gasteiger partial charge in [0, 0.05) is 0 Å². The van der Waals surface area contributed by atoms with Gasteiger partial charge in [-0.05, 0) is 97.9 Å². The van der Waals surface area contributed by atoms with E-state index in [-0.39, 0.29) is 0 Å². The van der Waals surface area contributed by atoms with E-state index >= 15 is 0 Å². The molecule has 1 heteroatoms. The minimum atomic E-state index is 0.490. The second-order valence-electron chi connectivity index (χ2n) is 12.5. The number of phenolic OH excluding ortho intramolecular Hbond substituents is 1. The monoisotopic (exact) mass is 444 g/mol. The molecule has 0 radical (unpaired) electrons. The number of hydrogen-bond donors (Lipinski definition) is 1. The molecule has 0 fully saturated rings. The Bertz CT molecular complexity index is 650. The number of rotatable bonds is 14. The lowest BCUT2D eigenvalue weighted by Crippen LogP contribution is -2.06. The lowest BCUT2D eigenvalue weighted by molar-refractivity contribution is 0.330. The summed E-state index contributed by atoms with van der Waals surface area (Å²) in [7, 11) is 0. The molecule has 0 aliphatic carbocycles. The minimum absolute atomic E-state index is 0.490. The second kappa shape index (κ2) is 13.7. The minimum Gasteiger partial charge on any atom is -0.507 e. The Morgan fingerprint density at radius 2 is 1.03 bits per heavy atom. The maximum absolute atomic E-state index is 10.4. The molecule has 0 saturated heterocycles. The molecule has 1 aromatic carbocycles. The van der Waals surface area contributed by atoms with Gasteiger partial charge in [-0.1, -0.05) is 92.9 Å². The molecule has 0 amide bonds. The number of phenols is 1. The Morgan fingerprint density at radius 1 is 0.594 bits per heavy atom. The topological polar surface area (TPSA) is 20.2 Å². The van der Waals surface area contributed by atoms with Crippen LogP contribution in [0.2, 0.25) is 0 Å². The highest BCUT2D eigenvalue weighted by Crippen LogP contribution is 2.33. The molecule has 32 heavy (non-hydrogen) atoms. The van der Waals surface area contributed by atoms with Crippen LogP contribution in [-0.2, 0) is 6.42 Å². The van der Waals surface area contributed by atoms with Crippen molar-refractivity contribution >= 4 is 0 Å². The predicted octanol–water partition coefficient (Wildman–Crippen LogP) is 10.0. The van der Waals surface area contributed by atoms with Crippen LogP contribution in [0.1, 0.15) is 134 Å². The van der Waals surface area contributed by atoms with Crippen LogP contribution in [0, 0.1) is 50.9 Å². The predicted molar refractivity (Wildman–Crippen MR) is 144 cm³/mol. The number of hydrogen-bond acceptors (Lipinski definition) is 1. The van der Waals surface area contributed by atoms with Gasteiger partial charge in [0.1, 0.15) is 5.75 Å². The van der Waals surface area contributed by atoms with Gasteiger partial charge in [-0.15, -0.1) is 0 Å². The smallest absolute Gasteiger partial charge is 0.121 e. The summed E-state index contributed by atoms with van der Waals surface area (Å²) < 4.78 is 0. The van der Waals surface area contributed by atoms with Crippen molar-refractivity contribution in [2.75, 3.05) is 0 Å². The Labute approximate surface area is 201 Å². The summed E-state index contributed by atoms with van der Waals surface area (Å²) in [4.78, 5) is 0. The molecular formula is C31H56O. The Kier molecular flexibility index (Phi) is 12.4. The molecule has 0 heterocycles. The number of aromatic hydroxyl groups is 1. The van der Waals surface area contributed by atoms with Gasteiger partial charge in [-0.3, -0.25) is 0 Å². The van der Waals surface area contributed by atoms with Crippen molar-refractivity contribution in [2.45, 2.75) is 140 Å². The fourth-order valence-electron chi connectivity index (χ4n) is 5.20. The van der Waals surface area contributed by atoms with Crippen LogP contribution in [0.15, 0.2) is 0 Å². The summed E-state index contributed by atoms with van der Waals surface area (Å²) in [6.07, 6.45) is 14.8. The molecule has 0 spiro atoms. The highest BCUT2D eigenvalue weighted by molar-refractivity contribution is 5.53. The fourth-order valence-corrected chi connectivity index (χ4v) is 5.20. The van der Waals surface area contributed by atoms with E-state index in [0.717, 1.165) is 35.3 Å². The summed E-state index contributed by atoms with van der Waals surface area (Å²) in [5.41, 5.74) is 6.65. The molecule has 1 N–H and O–H groups in total. The van der Waals surface area contributed by atoms with E-state index in [0.29, 0.717) is 11.2 Å². The van der Waals surface area contributed by atoms with Crippen LogP contribution in [-0.4, -0.2) is 5.11 Å². The van der Waals surface area contributed by atoms with Gasteiger partial charge >= 0.3 is 0 Å². The third-order valence-electron chi connectivity index (χ3n) is 8.04. The fraction of sp³-hybridized carbons (Fsp3) is 0.806. The van der Waals surface area contributed by atoms with Crippen LogP contribution in [0.4, 0.5) is 0 Å². The molecule has 0 bridgehead atoms. The zero-order chi connectivity index (χ0) is 24.5. The molecule has 1 aromatic rings. The maximum atomic E-state index is 10.4. The number of benzene rings is 1. The zero-order valence-electron chi connectivity index (χ0n) is 23.5. The third-order valence-corrected chi connectivity index (χ3v) is 8.04. The van der Waals surface area contributed by atoms with Gasteiger partial charge in [0.15, 0.2) is 0 Å². The lowest BCUT2D eigenvalue weighted by atomic mass is 9.86. The van der Waals surface area contributed by atoms with Gasteiger partial charge in [-0.2, -0.15) is 0 Å². The maximum Gasteiger partial charge on any atom is 0.121 e. The first-order valence-electron chi connectivity index (χ1n) is 13.6. The van der Waals surface area contributed by atoms with Gasteiger partial charge in [0.05, 0.1) is 0 Å². The van der Waals surface area contributed by atoms with Crippen LogP contribution in [0.25, 0.3) is 0 Å². The molecule has 1 rings (SSSR count). The van der Waals surface area contributed by atoms with E-state index in [1.165, 1.54) is 80.9 Å². The summed E-state index contributed by atoms with van der Waals surface area (Å²) in [5.74, 6) is 3.02. The van der Waals surface area contributed by atoms with Crippen molar-refractivity contribution in [3.8, 4) is 5.75 Å². The highest BCUT2D eigenvalue weighted by atomic mass is 16.3. The van der Waals surface area contributed by atoms with Crippen LogP contribution in [0.5, 0.6) is 5.75 Å². The quantitative estimate of drug-likeness (QED) is 0.302. The van der Waals surface area contributed by atoms with E-state index in [9.17, 15) is 5.11 Å². The molecule has 0 aliphatic heterocycles. The second-order valence-corrected chi connectivity index (χ2v) is 12.5. The summed E-state index contributed by atoms with van der Waals surface area (Å²) in [6.45, 7) is 22.9. The van der Waals surface area contributed by atoms with E-state index in [2.05, 4.69) is 62.3 Å². The average Bonchev–Trinajstić information content (AvgIpc) is 2.69. The van der Waals surface area contributed by atoms with Gasteiger partial charge in [0.25, 0.3) is 0 Å². The molecule has 0 aliphatic rings. The van der Waals surface area contributed by atoms with Gasteiger partial charge in [-0.25, -0.2) is 0 Å². The molecule has 1 nitrogen and oxygen atoms in total. The van der Waals surface area contributed by atoms with Gasteiger partial charge < -0.3 is 5.11 Å². The normalized spacial score (nSPS) is 15.1. The molecule has 0 aromatic heterocycles. The standard InChI is InChI=1S/C31H56O/c1-22(14-11-16-23(2)18-13-21-31(8,9)10)15-12-17-24(3)19-20-29-26(5)25(4)27(6)30(32)28(29)7/h22-24,32H,11-21H2,1-10H3. The molecule has 186 valence electrons. The largest absolute Gasteiger partial charge is 0.507 e. The zero-order valence-corrected chi connectivity index (χ0v) is 23.5. The molecule has 3 unspecified atom stereocenters. The van der Waals surface area contributed by atoms with Crippen molar-refractivity contribution in [1.82, 2.24) is 0 Å². The van der Waals surface area contributed by atoms with E-state index in [1.54, 1.807) is 0 Å². The van der Waals surface area contributed by atoms with Crippen LogP contribution in [0.3, 0.4) is 0 Å². The summed E-state index contributed by atoms with van der Waals surface area (Å²) in [5, 5.41) is 10.4.